The summed E-state index contributed by atoms with van der Waals surface area (Å²) in [5.41, 5.74) is 3.18. The van der Waals surface area contributed by atoms with E-state index in [2.05, 4.69) is 4.99 Å². The molecule has 1 amide bonds. The highest BCUT2D eigenvalue weighted by molar-refractivity contribution is 7.16. The van der Waals surface area contributed by atoms with Crippen molar-refractivity contribution in [1.82, 2.24) is 4.57 Å². The average Bonchev–Trinajstić information content (AvgIpc) is 3.08. The van der Waals surface area contributed by atoms with Gasteiger partial charge in [-0.1, -0.05) is 17.4 Å². The van der Waals surface area contributed by atoms with Crippen LogP contribution in [-0.2, 0) is 16.1 Å². The molecule has 0 bridgehead atoms. The fourth-order valence-corrected chi connectivity index (χ4v) is 4.58. The third-order valence-electron chi connectivity index (χ3n) is 4.74. The van der Waals surface area contributed by atoms with E-state index in [1.807, 2.05) is 26.0 Å². The molecule has 1 aromatic heterocycles. The van der Waals surface area contributed by atoms with Gasteiger partial charge in [-0.3, -0.25) is 9.59 Å². The normalized spacial score (nSPS) is 11.5. The van der Waals surface area contributed by atoms with E-state index in [0.717, 1.165) is 21.3 Å². The number of aryl methyl sites for hydroxylation is 2. The van der Waals surface area contributed by atoms with Crippen molar-refractivity contribution in [1.29, 1.82) is 0 Å². The molecule has 0 saturated heterocycles. The standard InChI is InChI=1S/C22H24N2O6S/c1-12-7-13(2)19-17(8-12)31-22(24(19)11-18(25)29-5)23-21(26)14-9-15(27-3)20(30-6)16(10-14)28-4/h7-10H,11H2,1-6H3. The molecule has 1 heterocycles. The average molecular weight is 445 g/mol. The molecule has 0 radical (unpaired) electrons. The molecule has 0 unspecified atom stereocenters. The fourth-order valence-electron chi connectivity index (χ4n) is 3.37. The number of carbonyl (C=O) groups is 2. The van der Waals surface area contributed by atoms with Crippen molar-refractivity contribution in [3.05, 3.63) is 45.8 Å². The molecule has 0 aliphatic heterocycles. The number of esters is 1. The molecule has 164 valence electrons. The summed E-state index contributed by atoms with van der Waals surface area (Å²) >= 11 is 1.34. The van der Waals surface area contributed by atoms with E-state index in [1.165, 1.54) is 39.8 Å². The van der Waals surface area contributed by atoms with Gasteiger partial charge < -0.3 is 23.5 Å². The largest absolute Gasteiger partial charge is 0.493 e. The first-order valence-electron chi connectivity index (χ1n) is 9.39. The zero-order chi connectivity index (χ0) is 22.7. The Labute approximate surface area is 183 Å². The Kier molecular flexibility index (Phi) is 6.65. The molecular formula is C22H24N2O6S. The number of methoxy groups -OCH3 is 4. The maximum Gasteiger partial charge on any atom is 0.325 e. The second kappa shape index (κ2) is 9.22. The van der Waals surface area contributed by atoms with E-state index in [1.54, 1.807) is 16.7 Å². The summed E-state index contributed by atoms with van der Waals surface area (Å²) in [5.74, 6) is 0.159. The Balaban J connectivity index is 2.20. The van der Waals surface area contributed by atoms with Crippen molar-refractivity contribution in [2.45, 2.75) is 20.4 Å². The van der Waals surface area contributed by atoms with Gasteiger partial charge in [-0.15, -0.1) is 0 Å². The Hall–Kier alpha value is -3.33. The summed E-state index contributed by atoms with van der Waals surface area (Å²) in [7, 11) is 5.77. The van der Waals surface area contributed by atoms with Crippen molar-refractivity contribution in [3.63, 3.8) is 0 Å². The number of rotatable bonds is 6. The molecule has 3 rings (SSSR count). The van der Waals surface area contributed by atoms with Crippen LogP contribution in [0.2, 0.25) is 0 Å². The first-order chi connectivity index (χ1) is 14.8. The second-order valence-electron chi connectivity index (χ2n) is 6.81. The van der Waals surface area contributed by atoms with Crippen LogP contribution in [0, 0.1) is 13.8 Å². The van der Waals surface area contributed by atoms with E-state index in [-0.39, 0.29) is 12.1 Å². The number of fused-ring (bicyclic) bond motifs is 1. The van der Waals surface area contributed by atoms with Gasteiger partial charge in [0.2, 0.25) is 5.75 Å². The van der Waals surface area contributed by atoms with Crippen LogP contribution in [-0.4, -0.2) is 44.9 Å². The first kappa shape index (κ1) is 22.4. The SMILES string of the molecule is COC(=O)Cn1c(=NC(=O)c2cc(OC)c(OC)c(OC)c2)sc2cc(C)cc(C)c21. The quantitative estimate of drug-likeness (QED) is 0.543. The van der Waals surface area contributed by atoms with Crippen LogP contribution < -0.4 is 19.0 Å². The number of thiazole rings is 1. The molecule has 0 saturated carbocycles. The van der Waals surface area contributed by atoms with Crippen molar-refractivity contribution in [2.24, 2.45) is 4.99 Å². The molecular weight excluding hydrogens is 420 g/mol. The number of benzene rings is 2. The summed E-state index contributed by atoms with van der Waals surface area (Å²) < 4.78 is 23.4. The molecule has 0 N–H and O–H groups in total. The summed E-state index contributed by atoms with van der Waals surface area (Å²) in [6, 6.07) is 7.11. The van der Waals surface area contributed by atoms with Crippen molar-refractivity contribution in [3.8, 4) is 17.2 Å². The van der Waals surface area contributed by atoms with Crippen LogP contribution in [0.4, 0.5) is 0 Å². The van der Waals surface area contributed by atoms with E-state index >= 15 is 0 Å². The molecule has 0 spiro atoms. The van der Waals surface area contributed by atoms with Gasteiger partial charge in [-0.25, -0.2) is 0 Å². The molecule has 0 aliphatic carbocycles. The van der Waals surface area contributed by atoms with Gasteiger partial charge in [0.15, 0.2) is 16.3 Å². The molecule has 3 aromatic rings. The van der Waals surface area contributed by atoms with Gasteiger partial charge in [0.25, 0.3) is 5.91 Å². The zero-order valence-electron chi connectivity index (χ0n) is 18.3. The maximum absolute atomic E-state index is 13.0. The van der Waals surface area contributed by atoms with Crippen molar-refractivity contribution < 1.29 is 28.5 Å². The summed E-state index contributed by atoms with van der Waals surface area (Å²) in [6.45, 7) is 3.90. The van der Waals surface area contributed by atoms with Gasteiger partial charge >= 0.3 is 5.97 Å². The monoisotopic (exact) mass is 444 g/mol. The Morgan fingerprint density at radius 3 is 2.16 bits per heavy atom. The van der Waals surface area contributed by atoms with Crippen LogP contribution in [0.1, 0.15) is 21.5 Å². The lowest BCUT2D eigenvalue weighted by Crippen LogP contribution is -2.22. The number of carbonyl (C=O) groups excluding carboxylic acids is 2. The predicted octanol–water partition coefficient (Wildman–Crippen LogP) is 3.26. The third kappa shape index (κ3) is 4.41. The molecule has 2 aromatic carbocycles. The Bertz CT molecular complexity index is 1200. The molecule has 31 heavy (non-hydrogen) atoms. The van der Waals surface area contributed by atoms with Gasteiger partial charge in [0, 0.05) is 5.56 Å². The van der Waals surface area contributed by atoms with Crippen LogP contribution in [0.3, 0.4) is 0 Å². The highest BCUT2D eigenvalue weighted by atomic mass is 32.1. The summed E-state index contributed by atoms with van der Waals surface area (Å²) in [4.78, 5) is 29.8. The topological polar surface area (TPSA) is 88.4 Å². The maximum atomic E-state index is 13.0. The minimum Gasteiger partial charge on any atom is -0.493 e. The zero-order valence-corrected chi connectivity index (χ0v) is 19.1. The van der Waals surface area contributed by atoms with Crippen LogP contribution in [0.25, 0.3) is 10.2 Å². The minimum absolute atomic E-state index is 0.0538. The van der Waals surface area contributed by atoms with Gasteiger partial charge in [-0.05, 0) is 43.2 Å². The number of amides is 1. The van der Waals surface area contributed by atoms with E-state index < -0.39 is 11.9 Å². The smallest absolute Gasteiger partial charge is 0.325 e. The van der Waals surface area contributed by atoms with E-state index in [4.69, 9.17) is 18.9 Å². The van der Waals surface area contributed by atoms with Crippen LogP contribution >= 0.6 is 11.3 Å². The number of hydrogen-bond acceptors (Lipinski definition) is 7. The Morgan fingerprint density at radius 1 is 0.968 bits per heavy atom. The number of hydrogen-bond donors (Lipinski definition) is 0. The van der Waals surface area contributed by atoms with Gasteiger partial charge in [0.05, 0.1) is 38.7 Å². The summed E-state index contributed by atoms with van der Waals surface area (Å²) in [6.07, 6.45) is 0. The van der Waals surface area contributed by atoms with E-state index in [0.29, 0.717) is 22.0 Å². The lowest BCUT2D eigenvalue weighted by Gasteiger charge is -2.12. The van der Waals surface area contributed by atoms with Crippen molar-refractivity contribution in [2.75, 3.05) is 28.4 Å². The molecule has 8 nitrogen and oxygen atoms in total. The van der Waals surface area contributed by atoms with Crippen LogP contribution in [0.5, 0.6) is 17.2 Å². The van der Waals surface area contributed by atoms with Gasteiger partial charge in [0.1, 0.15) is 6.54 Å². The highest BCUT2D eigenvalue weighted by Crippen LogP contribution is 2.38. The number of ether oxygens (including phenoxy) is 4. The second-order valence-corrected chi connectivity index (χ2v) is 7.82. The molecule has 0 atom stereocenters. The predicted molar refractivity (Wildman–Crippen MR) is 117 cm³/mol. The van der Waals surface area contributed by atoms with E-state index in [9.17, 15) is 9.59 Å². The van der Waals surface area contributed by atoms with Crippen molar-refractivity contribution >= 4 is 33.4 Å². The summed E-state index contributed by atoms with van der Waals surface area (Å²) in [5, 5.41) is 0. The first-order valence-corrected chi connectivity index (χ1v) is 10.2. The lowest BCUT2D eigenvalue weighted by atomic mass is 10.1. The highest BCUT2D eigenvalue weighted by Gasteiger charge is 2.18. The Morgan fingerprint density at radius 2 is 1.61 bits per heavy atom. The molecule has 0 aliphatic rings. The van der Waals surface area contributed by atoms with Crippen LogP contribution in [0.15, 0.2) is 29.3 Å². The number of nitrogens with zero attached hydrogens (tertiary/aromatic N) is 2. The van der Waals surface area contributed by atoms with Gasteiger partial charge in [-0.2, -0.15) is 4.99 Å². The third-order valence-corrected chi connectivity index (χ3v) is 5.76. The molecule has 9 heteroatoms. The molecule has 0 fully saturated rings. The minimum atomic E-state index is -0.501. The fraction of sp³-hybridized carbons (Fsp3) is 0.318. The lowest BCUT2D eigenvalue weighted by molar-refractivity contribution is -0.141. The number of aromatic nitrogens is 1.